The second kappa shape index (κ2) is 10.8. The number of nitrogens with one attached hydrogen (secondary N) is 1. The van der Waals surface area contributed by atoms with E-state index in [-0.39, 0.29) is 30.6 Å². The molecule has 0 radical (unpaired) electrons. The molecule has 196 valence electrons. The van der Waals surface area contributed by atoms with E-state index in [0.717, 1.165) is 42.7 Å². The van der Waals surface area contributed by atoms with Gasteiger partial charge in [-0.3, -0.25) is 9.52 Å². The molecule has 2 aromatic rings. The zero-order valence-electron chi connectivity index (χ0n) is 19.9. The number of fused-ring (bicyclic) bond motifs is 1. The molecular formula is C24H33FN6O3S2. The molecule has 0 spiro atoms. The lowest BCUT2D eigenvalue weighted by atomic mass is 9.99. The zero-order chi connectivity index (χ0) is 25.9. The second-order valence-electron chi connectivity index (χ2n) is 8.74. The van der Waals surface area contributed by atoms with Crippen LogP contribution in [0.3, 0.4) is 0 Å². The molecule has 36 heavy (non-hydrogen) atoms. The molecule has 12 heteroatoms. The number of aryl methyl sites for hydroxylation is 1. The summed E-state index contributed by atoms with van der Waals surface area (Å²) in [6.07, 6.45) is 2.62. The van der Waals surface area contributed by atoms with Crippen molar-refractivity contribution < 1.29 is 20.5 Å². The van der Waals surface area contributed by atoms with Crippen molar-refractivity contribution in [3.05, 3.63) is 53.8 Å². The minimum Gasteiger partial charge on any atom is -0.390 e. The molecule has 2 aliphatic heterocycles. The first kappa shape index (κ1) is 25.8. The van der Waals surface area contributed by atoms with E-state index in [1.807, 2.05) is 11.8 Å². The first-order valence-corrected chi connectivity index (χ1v) is 13.6. The van der Waals surface area contributed by atoms with Crippen LogP contribution in [-0.2, 0) is 21.2 Å². The van der Waals surface area contributed by atoms with Gasteiger partial charge in [-0.1, -0.05) is 0 Å². The summed E-state index contributed by atoms with van der Waals surface area (Å²) in [6, 6.07) is 10.9. The molecule has 0 bridgehead atoms. The third-order valence-electron chi connectivity index (χ3n) is 6.54. The number of anilines is 2. The van der Waals surface area contributed by atoms with Gasteiger partial charge in [0.15, 0.2) is 0 Å². The van der Waals surface area contributed by atoms with Gasteiger partial charge < -0.3 is 20.4 Å². The Bertz CT molecular complexity index is 1270. The molecule has 9 nitrogen and oxygen atoms in total. The van der Waals surface area contributed by atoms with Gasteiger partial charge in [0.1, 0.15) is 11.9 Å². The number of amides is 1. The summed E-state index contributed by atoms with van der Waals surface area (Å²) >= 11 is 4.82. The monoisotopic (exact) mass is 536 g/mol. The van der Waals surface area contributed by atoms with Crippen molar-refractivity contribution in [1.82, 2.24) is 9.62 Å². The van der Waals surface area contributed by atoms with Crippen molar-refractivity contribution in [2.75, 3.05) is 42.5 Å². The van der Waals surface area contributed by atoms with Crippen LogP contribution in [0, 0.1) is 5.82 Å². The van der Waals surface area contributed by atoms with Crippen LogP contribution in [0.1, 0.15) is 21.8 Å². The molecule has 1 atom stereocenters. The quantitative estimate of drug-likeness (QED) is 0.343. The van der Waals surface area contributed by atoms with Gasteiger partial charge >= 0.3 is 0 Å². The van der Waals surface area contributed by atoms with Gasteiger partial charge in [0.25, 0.3) is 10.0 Å². The number of thiocarbonyl (C=S) groups is 1. The highest BCUT2D eigenvalue weighted by molar-refractivity contribution is 7.91. The molecule has 0 unspecified atom stereocenters. The van der Waals surface area contributed by atoms with Gasteiger partial charge in [-0.05, 0) is 80.0 Å². The maximum Gasteiger partial charge on any atom is 0.263 e. The van der Waals surface area contributed by atoms with Crippen LogP contribution < -0.4 is 20.3 Å². The number of carbonyl (C=O) groups is 1. The van der Waals surface area contributed by atoms with Gasteiger partial charge in [-0.2, -0.15) is 0 Å². The summed E-state index contributed by atoms with van der Waals surface area (Å²) in [6.45, 7) is 5.03. The van der Waals surface area contributed by atoms with Crippen molar-refractivity contribution in [3.63, 3.8) is 0 Å². The van der Waals surface area contributed by atoms with Crippen molar-refractivity contribution >= 4 is 51.0 Å². The molecule has 1 fully saturated rings. The lowest BCUT2D eigenvalue weighted by Crippen LogP contribution is -2.55. The number of hydrogen-bond donors (Lipinski definition) is 2. The van der Waals surface area contributed by atoms with Crippen LogP contribution in [0.4, 0.5) is 15.8 Å². The van der Waals surface area contributed by atoms with Crippen molar-refractivity contribution in [3.8, 4) is 0 Å². The third kappa shape index (κ3) is 5.59. The predicted molar refractivity (Wildman–Crippen MR) is 147 cm³/mol. The summed E-state index contributed by atoms with van der Waals surface area (Å²) in [5.74, 6) is -0.202. The van der Waals surface area contributed by atoms with Crippen molar-refractivity contribution in [2.24, 2.45) is 10.7 Å². The number of aliphatic imine (C=N–C) groups is 1. The first-order chi connectivity index (χ1) is 17.2. The van der Waals surface area contributed by atoms with Gasteiger partial charge in [-0.25, -0.2) is 17.8 Å². The van der Waals surface area contributed by atoms with Crippen LogP contribution in [-0.4, -0.2) is 69.4 Å². The van der Waals surface area contributed by atoms with Crippen molar-refractivity contribution in [1.29, 1.82) is 0 Å². The maximum absolute atomic E-state index is 13.7. The molecular weight excluding hydrogens is 503 g/mol. The minimum absolute atomic E-state index is 0. The Morgan fingerprint density at radius 2 is 1.86 bits per heavy atom. The lowest BCUT2D eigenvalue weighted by molar-refractivity contribution is -0.132. The summed E-state index contributed by atoms with van der Waals surface area (Å²) in [7, 11) is -3.85. The summed E-state index contributed by atoms with van der Waals surface area (Å²) in [5.41, 5.74) is 7.88. The van der Waals surface area contributed by atoms with E-state index in [1.54, 1.807) is 24.3 Å². The molecule has 2 aromatic carbocycles. The molecule has 0 saturated carbocycles. The average Bonchev–Trinajstić information content (AvgIpc) is 2.87. The standard InChI is InChI=1S/C24H29FN6O3S2.2H2/c1-17(31-10-2-3-18-15-19(25)4-9-22(18)31)23(32)30-13-11-29(12-14-30)20-5-7-21(8-6-20)36(33,34)28-24(35)27-16-26;;/h4-9,15-17H,2-3,10-14H2,1H3,(H3,26,27,28,35);2*1H/t17-;;/m1../s1. The Morgan fingerprint density at radius 3 is 2.53 bits per heavy atom. The van der Waals surface area contributed by atoms with Gasteiger partial charge in [0.2, 0.25) is 11.0 Å². The normalized spacial score (nSPS) is 17.1. The topological polar surface area (TPSA) is 111 Å². The zero-order valence-corrected chi connectivity index (χ0v) is 21.6. The molecule has 4 rings (SSSR count). The van der Waals surface area contributed by atoms with E-state index in [4.69, 9.17) is 18.0 Å². The number of nitrogens with two attached hydrogens (primary N) is 1. The van der Waals surface area contributed by atoms with E-state index >= 15 is 0 Å². The number of nitrogens with zero attached hydrogens (tertiary/aromatic N) is 4. The van der Waals surface area contributed by atoms with E-state index in [9.17, 15) is 17.6 Å². The highest BCUT2D eigenvalue weighted by Gasteiger charge is 2.31. The molecule has 3 N–H and O–H groups in total. The number of piperazine rings is 1. The van der Waals surface area contributed by atoms with Crippen LogP contribution in [0.25, 0.3) is 0 Å². The molecule has 0 aromatic heterocycles. The molecule has 2 heterocycles. The first-order valence-electron chi connectivity index (χ1n) is 11.7. The number of hydrogen-bond acceptors (Lipinski definition) is 6. The van der Waals surface area contributed by atoms with Crippen LogP contribution in [0.15, 0.2) is 52.4 Å². The summed E-state index contributed by atoms with van der Waals surface area (Å²) in [4.78, 5) is 22.9. The Morgan fingerprint density at radius 1 is 1.17 bits per heavy atom. The van der Waals surface area contributed by atoms with Crippen LogP contribution in [0.2, 0.25) is 0 Å². The smallest absolute Gasteiger partial charge is 0.263 e. The Balaban J connectivity index is 0.00000253. The lowest BCUT2D eigenvalue weighted by Gasteiger charge is -2.41. The number of rotatable bonds is 5. The van der Waals surface area contributed by atoms with E-state index < -0.39 is 10.0 Å². The highest BCUT2D eigenvalue weighted by Crippen LogP contribution is 2.30. The van der Waals surface area contributed by atoms with E-state index in [0.29, 0.717) is 26.2 Å². The number of benzene rings is 2. The highest BCUT2D eigenvalue weighted by atomic mass is 32.2. The largest absolute Gasteiger partial charge is 0.390 e. The van der Waals surface area contributed by atoms with Crippen LogP contribution in [0.5, 0.6) is 0 Å². The number of halogens is 1. The number of carbonyl (C=O) groups excluding carboxylic acids is 1. The fraction of sp³-hybridized carbons (Fsp3) is 0.375. The third-order valence-corrected chi connectivity index (χ3v) is 8.23. The maximum atomic E-state index is 13.7. The van der Waals surface area contributed by atoms with Gasteiger partial charge in [-0.15, -0.1) is 0 Å². The Hall–Kier alpha value is -3.25. The van der Waals surface area contributed by atoms with Gasteiger partial charge in [0.05, 0.1) is 11.2 Å². The predicted octanol–water partition coefficient (Wildman–Crippen LogP) is 2.36. The minimum atomic E-state index is -3.85. The Labute approximate surface area is 218 Å². The molecule has 1 saturated heterocycles. The summed E-state index contributed by atoms with van der Waals surface area (Å²) < 4.78 is 40.7. The fourth-order valence-electron chi connectivity index (χ4n) is 4.68. The van der Waals surface area contributed by atoms with Gasteiger partial charge in [0, 0.05) is 47.0 Å². The second-order valence-corrected chi connectivity index (χ2v) is 10.8. The van der Waals surface area contributed by atoms with Crippen LogP contribution >= 0.6 is 12.2 Å². The SMILES string of the molecule is C[C@H](C(=O)N1CCN(c2ccc(S(=O)(=O)NC(=S)N=CN)cc2)CC1)N1CCCc2cc(F)ccc21.[HH].[HH]. The van der Waals surface area contributed by atoms with E-state index in [2.05, 4.69) is 19.5 Å². The van der Waals surface area contributed by atoms with Crippen molar-refractivity contribution in [2.45, 2.75) is 30.7 Å². The van der Waals surface area contributed by atoms with E-state index in [1.165, 1.54) is 18.2 Å². The fourth-order valence-corrected chi connectivity index (χ4v) is 5.97. The molecule has 1 amide bonds. The average molecular weight is 537 g/mol. The number of sulfonamides is 1. The molecule has 2 aliphatic rings. The molecule has 0 aliphatic carbocycles. The summed E-state index contributed by atoms with van der Waals surface area (Å²) in [5, 5.41) is -0.239. The Kier molecular flexibility index (Phi) is 7.74.